The molecule has 0 unspecified atom stereocenters. The predicted molar refractivity (Wildman–Crippen MR) is 187 cm³/mol. The van der Waals surface area contributed by atoms with E-state index in [2.05, 4.69) is 180 Å². The molecule has 7 aromatic carbocycles. The van der Waals surface area contributed by atoms with Crippen molar-refractivity contribution in [1.29, 1.82) is 0 Å². The Kier molecular flexibility index (Phi) is 6.51. The van der Waals surface area contributed by atoms with Gasteiger partial charge in [-0.15, -0.1) is 0 Å². The van der Waals surface area contributed by atoms with E-state index < -0.39 is 0 Å². The van der Waals surface area contributed by atoms with Gasteiger partial charge in [0.05, 0.1) is 11.0 Å². The zero-order valence-corrected chi connectivity index (χ0v) is 24.2. The normalized spacial score (nSPS) is 11.2. The van der Waals surface area contributed by atoms with Crippen LogP contribution < -0.4 is 5.32 Å². The first-order chi connectivity index (χ1) is 21.8. The number of fused-ring (bicyclic) bond motifs is 3. The average Bonchev–Trinajstić information content (AvgIpc) is 3.44. The molecule has 0 aliphatic rings. The van der Waals surface area contributed by atoms with E-state index in [-0.39, 0.29) is 0 Å². The van der Waals surface area contributed by atoms with Crippen LogP contribution in [-0.4, -0.2) is 4.57 Å². The van der Waals surface area contributed by atoms with E-state index in [1.54, 1.807) is 0 Å². The van der Waals surface area contributed by atoms with Crippen molar-refractivity contribution in [3.05, 3.63) is 176 Å². The molecular formula is C42H30N2. The first-order valence-corrected chi connectivity index (χ1v) is 15.0. The topological polar surface area (TPSA) is 17.0 Å². The summed E-state index contributed by atoms with van der Waals surface area (Å²) in [4.78, 5) is 0. The van der Waals surface area contributed by atoms with Gasteiger partial charge in [-0.3, -0.25) is 0 Å². The first-order valence-electron chi connectivity index (χ1n) is 15.0. The molecule has 0 saturated carbocycles. The van der Waals surface area contributed by atoms with Crippen LogP contribution >= 0.6 is 0 Å². The third-order valence-corrected chi connectivity index (χ3v) is 8.41. The Morgan fingerprint density at radius 2 is 0.818 bits per heavy atom. The Balaban J connectivity index is 1.07. The second-order valence-electron chi connectivity index (χ2n) is 11.1. The van der Waals surface area contributed by atoms with E-state index in [4.69, 9.17) is 0 Å². The van der Waals surface area contributed by atoms with Crippen molar-refractivity contribution in [2.24, 2.45) is 0 Å². The Hall–Kier alpha value is -5.86. The Labute approximate surface area is 257 Å². The van der Waals surface area contributed by atoms with Crippen molar-refractivity contribution in [1.82, 2.24) is 4.57 Å². The quantitative estimate of drug-likeness (QED) is 0.213. The van der Waals surface area contributed by atoms with Crippen LogP contribution in [-0.2, 0) is 0 Å². The molecule has 1 N–H and O–H groups in total. The van der Waals surface area contributed by atoms with Crippen molar-refractivity contribution >= 4 is 33.2 Å². The van der Waals surface area contributed by atoms with Crippen LogP contribution in [0.3, 0.4) is 0 Å². The average molecular weight is 563 g/mol. The van der Waals surface area contributed by atoms with E-state index in [0.29, 0.717) is 0 Å². The second-order valence-corrected chi connectivity index (χ2v) is 11.1. The molecule has 0 amide bonds. The van der Waals surface area contributed by atoms with Crippen LogP contribution in [0.25, 0.3) is 60.9 Å². The maximum atomic E-state index is 3.54. The second kappa shape index (κ2) is 11.1. The fourth-order valence-corrected chi connectivity index (χ4v) is 6.25. The fourth-order valence-electron chi connectivity index (χ4n) is 6.25. The Morgan fingerprint density at radius 3 is 1.45 bits per heavy atom. The number of hydrogen-bond acceptors (Lipinski definition) is 1. The van der Waals surface area contributed by atoms with Crippen molar-refractivity contribution in [2.75, 3.05) is 5.32 Å². The molecule has 0 bridgehead atoms. The number of nitrogens with zero attached hydrogens (tertiary/aromatic N) is 1. The summed E-state index contributed by atoms with van der Waals surface area (Å²) >= 11 is 0. The van der Waals surface area contributed by atoms with Gasteiger partial charge in [-0.25, -0.2) is 0 Å². The molecule has 2 heteroatoms. The van der Waals surface area contributed by atoms with Crippen molar-refractivity contribution < 1.29 is 0 Å². The van der Waals surface area contributed by atoms with Gasteiger partial charge in [0.15, 0.2) is 0 Å². The molecule has 208 valence electrons. The molecule has 1 heterocycles. The maximum Gasteiger partial charge on any atom is 0.0547 e. The van der Waals surface area contributed by atoms with Crippen LogP contribution in [0.2, 0.25) is 0 Å². The van der Waals surface area contributed by atoms with E-state index in [0.717, 1.165) is 11.4 Å². The lowest BCUT2D eigenvalue weighted by atomic mass is 9.97. The van der Waals surface area contributed by atoms with Crippen LogP contribution in [0, 0.1) is 0 Å². The standard InChI is InChI=1S/C42H30N2/c1-3-10-30(11-4-1)32-22-26-35(27-23-32)43-36-28-24-33(25-29-36)31-18-20-34(21-19-31)38-15-9-17-41-42(38)39-14-7-8-16-40(39)44(41)37-12-5-2-6-13-37/h1-29,43H. The molecule has 0 aliphatic heterocycles. The molecular weight excluding hydrogens is 532 g/mol. The van der Waals surface area contributed by atoms with E-state index in [9.17, 15) is 0 Å². The van der Waals surface area contributed by atoms with Crippen LogP contribution in [0.1, 0.15) is 0 Å². The van der Waals surface area contributed by atoms with E-state index in [1.165, 1.54) is 60.9 Å². The largest absolute Gasteiger partial charge is 0.356 e. The van der Waals surface area contributed by atoms with E-state index >= 15 is 0 Å². The van der Waals surface area contributed by atoms with Crippen molar-refractivity contribution in [3.63, 3.8) is 0 Å². The number of anilines is 2. The maximum absolute atomic E-state index is 3.54. The third kappa shape index (κ3) is 4.73. The summed E-state index contributed by atoms with van der Waals surface area (Å²) in [6, 6.07) is 62.7. The molecule has 0 aliphatic carbocycles. The highest BCUT2D eigenvalue weighted by molar-refractivity contribution is 6.15. The van der Waals surface area contributed by atoms with Gasteiger partial charge in [-0.2, -0.15) is 0 Å². The molecule has 8 aromatic rings. The number of para-hydroxylation sites is 2. The minimum absolute atomic E-state index is 1.07. The van der Waals surface area contributed by atoms with Gasteiger partial charge in [0.1, 0.15) is 0 Å². The number of benzene rings is 7. The molecule has 0 saturated heterocycles. The molecule has 0 atom stereocenters. The fraction of sp³-hybridized carbons (Fsp3) is 0. The molecule has 44 heavy (non-hydrogen) atoms. The summed E-state index contributed by atoms with van der Waals surface area (Å²) in [5.41, 5.74) is 13.1. The molecule has 1 aromatic heterocycles. The Bertz CT molecular complexity index is 2190. The zero-order chi connectivity index (χ0) is 29.3. The minimum Gasteiger partial charge on any atom is -0.356 e. The van der Waals surface area contributed by atoms with Gasteiger partial charge in [0.25, 0.3) is 0 Å². The lowest BCUT2D eigenvalue weighted by Gasteiger charge is -2.10. The molecule has 8 rings (SSSR count). The summed E-state index contributed by atoms with van der Waals surface area (Å²) in [6.45, 7) is 0. The van der Waals surface area contributed by atoms with Crippen LogP contribution in [0.5, 0.6) is 0 Å². The van der Waals surface area contributed by atoms with Gasteiger partial charge >= 0.3 is 0 Å². The van der Waals surface area contributed by atoms with Crippen LogP contribution in [0.4, 0.5) is 11.4 Å². The summed E-state index contributed by atoms with van der Waals surface area (Å²) < 4.78 is 2.37. The smallest absolute Gasteiger partial charge is 0.0547 e. The summed E-state index contributed by atoms with van der Waals surface area (Å²) in [6.07, 6.45) is 0. The molecule has 0 radical (unpaired) electrons. The third-order valence-electron chi connectivity index (χ3n) is 8.41. The SMILES string of the molecule is c1ccc(-c2ccc(Nc3ccc(-c4ccc(-c5cccc6c5c5ccccc5n6-c5ccccc5)cc4)cc3)cc2)cc1. The highest BCUT2D eigenvalue weighted by atomic mass is 15.0. The van der Waals surface area contributed by atoms with Gasteiger partial charge in [0.2, 0.25) is 0 Å². The van der Waals surface area contributed by atoms with Gasteiger partial charge in [0, 0.05) is 27.8 Å². The number of hydrogen-bond donors (Lipinski definition) is 1. The predicted octanol–water partition coefficient (Wildman–Crippen LogP) is 11.5. The van der Waals surface area contributed by atoms with E-state index in [1.807, 2.05) is 6.07 Å². The van der Waals surface area contributed by atoms with Crippen molar-refractivity contribution in [2.45, 2.75) is 0 Å². The van der Waals surface area contributed by atoms with Gasteiger partial charge < -0.3 is 9.88 Å². The Morgan fingerprint density at radius 1 is 0.341 bits per heavy atom. The van der Waals surface area contributed by atoms with Gasteiger partial charge in [-0.05, 0) is 81.9 Å². The zero-order valence-electron chi connectivity index (χ0n) is 24.2. The van der Waals surface area contributed by atoms with Crippen molar-refractivity contribution in [3.8, 4) is 39.1 Å². The summed E-state index contributed by atoms with van der Waals surface area (Å²) in [7, 11) is 0. The highest BCUT2D eigenvalue weighted by Crippen LogP contribution is 2.39. The summed E-state index contributed by atoms with van der Waals surface area (Å²) in [5.74, 6) is 0. The first kappa shape index (κ1) is 25.8. The number of nitrogens with one attached hydrogen (secondary N) is 1. The lowest BCUT2D eigenvalue weighted by Crippen LogP contribution is -1.92. The number of rotatable bonds is 6. The summed E-state index contributed by atoms with van der Waals surface area (Å²) in [5, 5.41) is 6.09. The molecule has 2 nitrogen and oxygen atoms in total. The molecule has 0 fully saturated rings. The van der Waals surface area contributed by atoms with Gasteiger partial charge in [-0.1, -0.05) is 127 Å². The molecule has 0 spiro atoms. The highest BCUT2D eigenvalue weighted by Gasteiger charge is 2.15. The monoisotopic (exact) mass is 562 g/mol. The lowest BCUT2D eigenvalue weighted by molar-refractivity contribution is 1.18. The van der Waals surface area contributed by atoms with Crippen LogP contribution in [0.15, 0.2) is 176 Å². The number of aromatic nitrogens is 1. The minimum atomic E-state index is 1.07.